The number of anilines is 1. The second-order valence-corrected chi connectivity index (χ2v) is 11.6. The van der Waals surface area contributed by atoms with Gasteiger partial charge in [-0.05, 0) is 23.4 Å². The van der Waals surface area contributed by atoms with Crippen molar-refractivity contribution >= 4 is 68.1 Å². The largest absolute Gasteiger partial charge is 0.469 e. The van der Waals surface area contributed by atoms with E-state index in [-0.39, 0.29) is 39.4 Å². The topological polar surface area (TPSA) is 123 Å². The normalized spacial score (nSPS) is 18.7. The first-order chi connectivity index (χ1) is 19.4. The fraction of sp³-hybridized carbons (Fsp3) is 0.185. The van der Waals surface area contributed by atoms with Crippen LogP contribution in [-0.4, -0.2) is 41.6 Å². The van der Waals surface area contributed by atoms with Gasteiger partial charge in [0.15, 0.2) is 16.9 Å². The molecule has 10 nitrogen and oxygen atoms in total. The van der Waals surface area contributed by atoms with Crippen molar-refractivity contribution in [1.29, 1.82) is 0 Å². The van der Waals surface area contributed by atoms with Crippen molar-refractivity contribution < 1.29 is 28.2 Å². The number of carbonyl (C=O) groups is 2. The minimum Gasteiger partial charge on any atom is -0.469 e. The quantitative estimate of drug-likeness (QED) is 0.323. The van der Waals surface area contributed by atoms with Crippen LogP contribution in [0.3, 0.4) is 0 Å². The predicted molar refractivity (Wildman–Crippen MR) is 154 cm³/mol. The van der Waals surface area contributed by atoms with Gasteiger partial charge in [0.25, 0.3) is 11.5 Å². The van der Waals surface area contributed by atoms with E-state index < -0.39 is 11.5 Å². The average molecular weight is 596 g/mol. The highest BCUT2D eigenvalue weighted by molar-refractivity contribution is 8.30. The van der Waals surface area contributed by atoms with Crippen LogP contribution in [0.5, 0.6) is 11.5 Å². The molecule has 0 aliphatic carbocycles. The maximum absolute atomic E-state index is 13.2. The zero-order chi connectivity index (χ0) is 27.8. The predicted octanol–water partition coefficient (Wildman–Crippen LogP) is 2.36. The number of nitrogens with zero attached hydrogens (tertiary/aromatic N) is 1. The minimum absolute atomic E-state index is 0.0435. The molecule has 0 bridgehead atoms. The van der Waals surface area contributed by atoms with Crippen molar-refractivity contribution in [3.63, 3.8) is 0 Å². The Bertz CT molecular complexity index is 1760. The van der Waals surface area contributed by atoms with Gasteiger partial charge in [0.2, 0.25) is 12.3 Å². The molecule has 0 radical (unpaired) electrons. The number of esters is 1. The van der Waals surface area contributed by atoms with E-state index in [1.54, 1.807) is 0 Å². The van der Waals surface area contributed by atoms with Crippen molar-refractivity contribution in [2.24, 2.45) is 0 Å². The van der Waals surface area contributed by atoms with Gasteiger partial charge in [-0.25, -0.2) is 0 Å². The molecule has 1 amide bonds. The number of aromatic nitrogens is 1. The summed E-state index contributed by atoms with van der Waals surface area (Å²) in [7, 11) is 1.35. The number of H-pyrrole nitrogens is 1. The number of thiocarbonyl (C=S) groups is 1. The fourth-order valence-corrected chi connectivity index (χ4v) is 6.58. The Labute approximate surface area is 241 Å². The average Bonchev–Trinajstić information content (AvgIpc) is 3.71. The number of nitrogens with one attached hydrogen (secondary N) is 2. The number of amides is 1. The van der Waals surface area contributed by atoms with Crippen molar-refractivity contribution in [3.05, 3.63) is 80.4 Å². The van der Waals surface area contributed by atoms with Crippen molar-refractivity contribution in [1.82, 2.24) is 10.3 Å². The van der Waals surface area contributed by atoms with E-state index in [1.165, 1.54) is 18.9 Å². The highest BCUT2D eigenvalue weighted by atomic mass is 32.2. The Morgan fingerprint density at radius 2 is 1.93 bits per heavy atom. The monoisotopic (exact) mass is 595 g/mol. The zero-order valence-electron chi connectivity index (χ0n) is 21.0. The number of hydrogen-bond donors (Lipinski definition) is 2. The van der Waals surface area contributed by atoms with E-state index in [1.807, 2.05) is 53.4 Å². The molecule has 4 heterocycles. The molecule has 1 saturated heterocycles. The van der Waals surface area contributed by atoms with Crippen molar-refractivity contribution in [3.8, 4) is 11.5 Å². The zero-order valence-corrected chi connectivity index (χ0v) is 23.4. The van der Waals surface area contributed by atoms with Crippen LogP contribution < -0.4 is 36.2 Å². The van der Waals surface area contributed by atoms with Crippen LogP contribution in [0, 0.1) is 0 Å². The van der Waals surface area contributed by atoms with Gasteiger partial charge in [-0.1, -0.05) is 54.3 Å². The standard InChI is InChI=1S/C27H21N3O7S3/c1-34-21(31)7-8-30-16-11-17-18(36-13-35-17)12-19(16)39-20(30)10-15(9-14-5-3-2-4-6-14)22-24(32)28-26(37-22)23-25(33)29-27(38)40-23/h2-6,10-12H,7-9,13H2,1H3,(H,28,32)(H,29,33,38)/b20-10-,22-15+,26-23-. The first-order valence-electron chi connectivity index (χ1n) is 12.1. The number of thioether (sulfide) groups is 2. The molecular formula is C27H21N3O7S3. The minimum atomic E-state index is -0.473. The molecule has 0 spiro atoms. The number of oxazole rings is 1. The molecule has 1 fully saturated rings. The number of fused-ring (bicyclic) bond motifs is 2. The summed E-state index contributed by atoms with van der Waals surface area (Å²) in [5.74, 6) is 0.485. The highest BCUT2D eigenvalue weighted by Crippen LogP contribution is 2.51. The number of hydrogen-bond acceptors (Lipinski definition) is 11. The number of methoxy groups -OCH3 is 1. The molecular weight excluding hydrogens is 575 g/mol. The van der Waals surface area contributed by atoms with E-state index in [9.17, 15) is 14.4 Å². The molecule has 6 rings (SSSR count). The summed E-state index contributed by atoms with van der Waals surface area (Å²) in [6.07, 6.45) is 2.39. The first-order valence-corrected chi connectivity index (χ1v) is 14.1. The third kappa shape index (κ3) is 5.15. The number of allylic oxidation sites excluding steroid dienone is 1. The van der Waals surface area contributed by atoms with E-state index in [4.69, 9.17) is 30.8 Å². The molecule has 204 valence electrons. The highest BCUT2D eigenvalue weighted by Gasteiger charge is 2.30. The lowest BCUT2D eigenvalue weighted by atomic mass is 10.1. The molecule has 3 aliphatic heterocycles. The van der Waals surface area contributed by atoms with E-state index >= 15 is 0 Å². The van der Waals surface area contributed by atoms with Crippen LogP contribution >= 0.6 is 35.7 Å². The van der Waals surface area contributed by atoms with Crippen LogP contribution in [0.2, 0.25) is 0 Å². The Hall–Kier alpha value is -3.94. The molecule has 2 aromatic carbocycles. The summed E-state index contributed by atoms with van der Waals surface area (Å²) in [6.45, 7) is 0.481. The summed E-state index contributed by atoms with van der Waals surface area (Å²) >= 11 is 7.59. The third-order valence-electron chi connectivity index (χ3n) is 6.28. The molecule has 2 N–H and O–H groups in total. The lowest BCUT2D eigenvalue weighted by molar-refractivity contribution is -0.140. The van der Waals surface area contributed by atoms with Crippen molar-refractivity contribution in [2.45, 2.75) is 17.7 Å². The van der Waals surface area contributed by atoms with Gasteiger partial charge in [0.05, 0.1) is 24.2 Å². The Morgan fingerprint density at radius 3 is 2.65 bits per heavy atom. The molecule has 13 heteroatoms. The van der Waals surface area contributed by atoms with Gasteiger partial charge >= 0.3 is 5.97 Å². The Morgan fingerprint density at radius 1 is 1.15 bits per heavy atom. The van der Waals surface area contributed by atoms with Gasteiger partial charge < -0.3 is 28.8 Å². The molecule has 3 aromatic rings. The second kappa shape index (κ2) is 10.9. The molecule has 0 unspecified atom stereocenters. The first kappa shape index (κ1) is 26.3. The molecule has 1 aromatic heterocycles. The Balaban J connectivity index is 1.50. The summed E-state index contributed by atoms with van der Waals surface area (Å²) in [5, 5.41) is 3.30. The maximum atomic E-state index is 13.2. The number of benzene rings is 2. The van der Waals surface area contributed by atoms with Gasteiger partial charge in [-0.2, -0.15) is 0 Å². The summed E-state index contributed by atoms with van der Waals surface area (Å²) in [6, 6.07) is 13.4. The lowest BCUT2D eigenvalue weighted by Gasteiger charge is -2.20. The maximum Gasteiger partial charge on any atom is 0.307 e. The third-order valence-corrected chi connectivity index (χ3v) is 8.59. The second-order valence-electron chi connectivity index (χ2n) is 8.81. The number of rotatable bonds is 6. The summed E-state index contributed by atoms with van der Waals surface area (Å²) in [4.78, 5) is 43.3. The molecule has 0 atom stereocenters. The van der Waals surface area contributed by atoms with Crippen LogP contribution in [0.15, 0.2) is 67.7 Å². The lowest BCUT2D eigenvalue weighted by Crippen LogP contribution is -2.25. The number of aromatic amines is 1. The van der Waals surface area contributed by atoms with Gasteiger partial charge in [-0.3, -0.25) is 19.4 Å². The Kier molecular flexibility index (Phi) is 7.17. The van der Waals surface area contributed by atoms with E-state index in [0.717, 1.165) is 32.9 Å². The van der Waals surface area contributed by atoms with Gasteiger partial charge in [-0.15, -0.1) is 0 Å². The fourth-order valence-electron chi connectivity index (χ4n) is 4.41. The number of ether oxygens (including phenoxy) is 3. The smallest absolute Gasteiger partial charge is 0.307 e. The summed E-state index contributed by atoms with van der Waals surface area (Å²) in [5.41, 5.74) is 2.03. The van der Waals surface area contributed by atoms with Crippen LogP contribution in [0.1, 0.15) is 12.0 Å². The molecule has 3 aliphatic rings. The van der Waals surface area contributed by atoms with Crippen LogP contribution in [-0.2, 0) is 20.7 Å². The molecule has 0 saturated carbocycles. The van der Waals surface area contributed by atoms with Crippen molar-refractivity contribution in [2.75, 3.05) is 25.3 Å². The van der Waals surface area contributed by atoms with Gasteiger partial charge in [0.1, 0.15) is 9.23 Å². The van der Waals surface area contributed by atoms with E-state index in [2.05, 4.69) is 10.3 Å². The summed E-state index contributed by atoms with van der Waals surface area (Å²) < 4.78 is 22.3. The van der Waals surface area contributed by atoms with Crippen LogP contribution in [0.4, 0.5) is 5.69 Å². The van der Waals surface area contributed by atoms with E-state index in [0.29, 0.717) is 30.0 Å². The van der Waals surface area contributed by atoms with Crippen LogP contribution in [0.25, 0.3) is 10.5 Å². The SMILES string of the molecule is COC(=O)CCN1/C(=C/C(Cc2ccccc2)=c2/o/c(=C3\SC(=S)NC3=O)[nH]c2=O)Sc2cc3c(cc21)OCO3. The molecule has 40 heavy (non-hydrogen) atoms. The number of carbonyl (C=O) groups excluding carboxylic acids is 2. The van der Waals surface area contributed by atoms with Gasteiger partial charge in [0, 0.05) is 35.6 Å².